The first-order valence-corrected chi connectivity index (χ1v) is 8.11. The molecule has 1 atom stereocenters. The minimum atomic E-state index is -0.720. The maximum absolute atomic E-state index is 12.3. The fourth-order valence-corrected chi connectivity index (χ4v) is 2.34. The smallest absolute Gasteiger partial charge is 0.271 e. The molecule has 0 saturated heterocycles. The lowest BCUT2D eigenvalue weighted by molar-refractivity contribution is -0.124. The van der Waals surface area contributed by atoms with Crippen molar-refractivity contribution in [1.82, 2.24) is 15.1 Å². The second-order valence-corrected chi connectivity index (χ2v) is 5.54. The van der Waals surface area contributed by atoms with E-state index in [9.17, 15) is 9.59 Å². The van der Waals surface area contributed by atoms with Crippen LogP contribution in [0.1, 0.15) is 26.3 Å². The van der Waals surface area contributed by atoms with E-state index in [-0.39, 0.29) is 5.91 Å². The molecule has 0 aliphatic heterocycles. The van der Waals surface area contributed by atoms with Crippen molar-refractivity contribution < 1.29 is 14.3 Å². The van der Waals surface area contributed by atoms with Crippen LogP contribution < -0.4 is 20.3 Å². The summed E-state index contributed by atoms with van der Waals surface area (Å²) < 4.78 is 11.6. The van der Waals surface area contributed by atoms with Crippen LogP contribution in [0, 0.1) is 0 Å². The molecule has 0 radical (unpaired) electrons. The first-order chi connectivity index (χ1) is 12.0. The maximum Gasteiger partial charge on any atom is 0.271 e. The van der Waals surface area contributed by atoms with Crippen LogP contribution in [0.5, 0.6) is 11.5 Å². The minimum Gasteiger partial charge on any atom is -0.497 e. The molecule has 1 amide bonds. The standard InChI is InChI=1S/C18H23N3O4/c1-5-10-19-18(23)12(2)21-16(22)11-15(25-4)17(20-21)13-6-8-14(24-3)9-7-13/h6-9,11-12H,5,10H2,1-4H3,(H,19,23)/t12-/m0/s1. The van der Waals surface area contributed by atoms with Gasteiger partial charge < -0.3 is 14.8 Å². The maximum atomic E-state index is 12.3. The molecule has 0 spiro atoms. The molecule has 0 aliphatic rings. The summed E-state index contributed by atoms with van der Waals surface area (Å²) >= 11 is 0. The summed E-state index contributed by atoms with van der Waals surface area (Å²) in [6.07, 6.45) is 0.820. The van der Waals surface area contributed by atoms with Crippen molar-refractivity contribution in [2.24, 2.45) is 0 Å². The van der Waals surface area contributed by atoms with E-state index in [2.05, 4.69) is 10.4 Å². The van der Waals surface area contributed by atoms with Gasteiger partial charge in [0, 0.05) is 18.2 Å². The van der Waals surface area contributed by atoms with Crippen molar-refractivity contribution in [3.05, 3.63) is 40.7 Å². The second-order valence-electron chi connectivity index (χ2n) is 5.54. The Labute approximate surface area is 146 Å². The lowest BCUT2D eigenvalue weighted by atomic mass is 10.1. The highest BCUT2D eigenvalue weighted by Gasteiger charge is 2.20. The third kappa shape index (κ3) is 4.17. The highest BCUT2D eigenvalue weighted by Crippen LogP contribution is 2.28. The second kappa shape index (κ2) is 8.32. The van der Waals surface area contributed by atoms with E-state index in [0.717, 1.165) is 12.0 Å². The van der Waals surface area contributed by atoms with Crippen LogP contribution in [-0.4, -0.2) is 36.5 Å². The number of benzene rings is 1. The Morgan fingerprint density at radius 3 is 2.48 bits per heavy atom. The largest absolute Gasteiger partial charge is 0.497 e. The van der Waals surface area contributed by atoms with Crippen molar-refractivity contribution in [3.8, 4) is 22.8 Å². The predicted octanol–water partition coefficient (Wildman–Crippen LogP) is 2.01. The zero-order valence-electron chi connectivity index (χ0n) is 14.9. The number of nitrogens with zero attached hydrogens (tertiary/aromatic N) is 2. The summed E-state index contributed by atoms with van der Waals surface area (Å²) in [4.78, 5) is 24.5. The van der Waals surface area contributed by atoms with Crippen LogP contribution in [0.4, 0.5) is 0 Å². The SMILES string of the molecule is CCCNC(=O)[C@H](C)n1nc(-c2ccc(OC)cc2)c(OC)cc1=O. The number of hydrogen-bond donors (Lipinski definition) is 1. The van der Waals surface area contributed by atoms with Crippen molar-refractivity contribution in [3.63, 3.8) is 0 Å². The normalized spacial score (nSPS) is 11.7. The monoisotopic (exact) mass is 345 g/mol. The number of amides is 1. The van der Waals surface area contributed by atoms with Crippen LogP contribution in [0.3, 0.4) is 0 Å². The van der Waals surface area contributed by atoms with Gasteiger partial charge in [0.15, 0.2) is 5.75 Å². The fraction of sp³-hybridized carbons (Fsp3) is 0.389. The van der Waals surface area contributed by atoms with Gasteiger partial charge in [-0.1, -0.05) is 6.92 Å². The van der Waals surface area contributed by atoms with E-state index >= 15 is 0 Å². The molecule has 0 fully saturated rings. The summed E-state index contributed by atoms with van der Waals surface area (Å²) in [5, 5.41) is 7.15. The number of methoxy groups -OCH3 is 2. The molecule has 2 rings (SSSR count). The van der Waals surface area contributed by atoms with Crippen LogP contribution in [0.15, 0.2) is 35.1 Å². The summed E-state index contributed by atoms with van der Waals surface area (Å²) in [5.74, 6) is 0.818. The van der Waals surface area contributed by atoms with E-state index in [1.54, 1.807) is 26.2 Å². The van der Waals surface area contributed by atoms with Crippen LogP contribution in [-0.2, 0) is 4.79 Å². The third-order valence-corrected chi connectivity index (χ3v) is 3.80. The quantitative estimate of drug-likeness (QED) is 0.830. The van der Waals surface area contributed by atoms with E-state index in [1.807, 2.05) is 19.1 Å². The molecule has 1 N–H and O–H groups in total. The van der Waals surface area contributed by atoms with Crippen LogP contribution in [0.25, 0.3) is 11.3 Å². The number of hydrogen-bond acceptors (Lipinski definition) is 5. The fourth-order valence-electron chi connectivity index (χ4n) is 2.34. The van der Waals surface area contributed by atoms with Gasteiger partial charge in [-0.3, -0.25) is 9.59 Å². The third-order valence-electron chi connectivity index (χ3n) is 3.80. The predicted molar refractivity (Wildman–Crippen MR) is 95.0 cm³/mol. The number of rotatable bonds is 7. The van der Waals surface area contributed by atoms with Crippen molar-refractivity contribution in [1.29, 1.82) is 0 Å². The van der Waals surface area contributed by atoms with Crippen molar-refractivity contribution in [2.45, 2.75) is 26.3 Å². The van der Waals surface area contributed by atoms with E-state index in [0.29, 0.717) is 23.7 Å². The zero-order chi connectivity index (χ0) is 18.4. The van der Waals surface area contributed by atoms with Crippen molar-refractivity contribution >= 4 is 5.91 Å². The van der Waals surface area contributed by atoms with Gasteiger partial charge in [-0.25, -0.2) is 4.68 Å². The van der Waals surface area contributed by atoms with Gasteiger partial charge in [-0.15, -0.1) is 0 Å². The molecule has 0 saturated carbocycles. The van der Waals surface area contributed by atoms with Crippen LogP contribution >= 0.6 is 0 Å². The van der Waals surface area contributed by atoms with Gasteiger partial charge >= 0.3 is 0 Å². The topological polar surface area (TPSA) is 82.5 Å². The van der Waals surface area contributed by atoms with Gasteiger partial charge in [0.25, 0.3) is 5.56 Å². The molecule has 25 heavy (non-hydrogen) atoms. The molecule has 7 nitrogen and oxygen atoms in total. The summed E-state index contributed by atoms with van der Waals surface area (Å²) in [5.41, 5.74) is 0.848. The van der Waals surface area contributed by atoms with Crippen LogP contribution in [0.2, 0.25) is 0 Å². The first-order valence-electron chi connectivity index (χ1n) is 8.11. The molecule has 0 unspecified atom stereocenters. The molecule has 0 bridgehead atoms. The average Bonchev–Trinajstić information content (AvgIpc) is 2.65. The Kier molecular flexibility index (Phi) is 6.16. The number of nitrogens with one attached hydrogen (secondary N) is 1. The highest BCUT2D eigenvalue weighted by atomic mass is 16.5. The van der Waals surface area contributed by atoms with Gasteiger partial charge in [-0.05, 0) is 37.6 Å². The molecular weight excluding hydrogens is 322 g/mol. The number of carbonyl (C=O) groups is 1. The van der Waals surface area contributed by atoms with E-state index < -0.39 is 11.6 Å². The molecule has 0 aliphatic carbocycles. The minimum absolute atomic E-state index is 0.248. The number of carbonyl (C=O) groups excluding carboxylic acids is 1. The Bertz CT molecular complexity index is 784. The lowest BCUT2D eigenvalue weighted by Gasteiger charge is -2.16. The Morgan fingerprint density at radius 1 is 1.24 bits per heavy atom. The van der Waals surface area contributed by atoms with Gasteiger partial charge in [-0.2, -0.15) is 5.10 Å². The zero-order valence-corrected chi connectivity index (χ0v) is 14.9. The van der Waals surface area contributed by atoms with Gasteiger partial charge in [0.05, 0.1) is 14.2 Å². The molecule has 134 valence electrons. The van der Waals surface area contributed by atoms with Gasteiger partial charge in [0.1, 0.15) is 17.5 Å². The molecule has 7 heteroatoms. The Morgan fingerprint density at radius 2 is 1.92 bits per heavy atom. The van der Waals surface area contributed by atoms with Gasteiger partial charge in [0.2, 0.25) is 5.91 Å². The van der Waals surface area contributed by atoms with Crippen molar-refractivity contribution in [2.75, 3.05) is 20.8 Å². The summed E-state index contributed by atoms with van der Waals surface area (Å²) in [7, 11) is 3.07. The lowest BCUT2D eigenvalue weighted by Crippen LogP contribution is -2.37. The summed E-state index contributed by atoms with van der Waals surface area (Å²) in [6, 6.07) is 7.85. The summed E-state index contributed by atoms with van der Waals surface area (Å²) in [6.45, 7) is 4.16. The first kappa shape index (κ1) is 18.5. The Hall–Kier alpha value is -2.83. The van der Waals surface area contributed by atoms with E-state index in [1.165, 1.54) is 17.9 Å². The Balaban J connectivity index is 2.45. The molecule has 1 aromatic heterocycles. The molecule has 2 aromatic rings. The number of aromatic nitrogens is 2. The van der Waals surface area contributed by atoms with E-state index in [4.69, 9.17) is 9.47 Å². The highest BCUT2D eigenvalue weighted by molar-refractivity contribution is 5.79. The number of ether oxygens (including phenoxy) is 2. The average molecular weight is 345 g/mol. The molecule has 1 aromatic carbocycles. The molecule has 1 heterocycles. The molecular formula is C18H23N3O4.